The Labute approximate surface area is 68.3 Å². The molecule has 8 heavy (non-hydrogen) atoms. The van der Waals surface area contributed by atoms with Gasteiger partial charge in [0.05, 0.1) is 0 Å². The third-order valence-electron chi connectivity index (χ3n) is 1.24. The SMILES string of the molecule is C[CH]C(C)C(Br)CBr. The van der Waals surface area contributed by atoms with E-state index in [1.165, 1.54) is 0 Å². The van der Waals surface area contributed by atoms with E-state index in [0.717, 1.165) is 5.33 Å². The number of alkyl halides is 2. The Morgan fingerprint density at radius 1 is 1.62 bits per heavy atom. The minimum Gasteiger partial charge on any atom is -0.0916 e. The predicted molar refractivity (Wildman–Crippen MR) is 45.6 cm³/mol. The quantitative estimate of drug-likeness (QED) is 0.668. The molecule has 0 bridgehead atoms. The van der Waals surface area contributed by atoms with Crippen LogP contribution in [0.15, 0.2) is 0 Å². The lowest BCUT2D eigenvalue weighted by Gasteiger charge is -2.11. The first-order chi connectivity index (χ1) is 3.72. The minimum absolute atomic E-state index is 0.590. The summed E-state index contributed by atoms with van der Waals surface area (Å²) in [5, 5.41) is 1.03. The van der Waals surface area contributed by atoms with Crippen molar-refractivity contribution in [3.05, 3.63) is 6.42 Å². The Hall–Kier alpha value is 0.960. The van der Waals surface area contributed by atoms with Crippen molar-refractivity contribution in [2.45, 2.75) is 18.7 Å². The number of rotatable bonds is 3. The monoisotopic (exact) mass is 241 g/mol. The molecule has 2 atom stereocenters. The fourth-order valence-corrected chi connectivity index (χ4v) is 1.24. The van der Waals surface area contributed by atoms with E-state index in [1.54, 1.807) is 0 Å². The number of hydrogen-bond acceptors (Lipinski definition) is 0. The van der Waals surface area contributed by atoms with Gasteiger partial charge in [0.25, 0.3) is 0 Å². The van der Waals surface area contributed by atoms with Gasteiger partial charge in [0, 0.05) is 10.2 Å². The molecular formula is C6H11Br2. The molecule has 0 amide bonds. The molecule has 0 aromatic rings. The second kappa shape index (κ2) is 4.80. The van der Waals surface area contributed by atoms with Crippen molar-refractivity contribution in [1.82, 2.24) is 0 Å². The van der Waals surface area contributed by atoms with Crippen LogP contribution >= 0.6 is 31.9 Å². The average molecular weight is 243 g/mol. The summed E-state index contributed by atoms with van der Waals surface area (Å²) >= 11 is 6.91. The Bertz CT molecular complexity index is 46.5. The molecule has 0 aliphatic carbocycles. The molecule has 0 aliphatic rings. The highest BCUT2D eigenvalue weighted by Gasteiger charge is 2.08. The molecule has 0 fully saturated rings. The van der Waals surface area contributed by atoms with Crippen molar-refractivity contribution in [2.75, 3.05) is 5.33 Å². The lowest BCUT2D eigenvalue weighted by molar-refractivity contribution is 0.682. The fraction of sp³-hybridized carbons (Fsp3) is 0.833. The van der Waals surface area contributed by atoms with Crippen LogP contribution in [0.3, 0.4) is 0 Å². The lowest BCUT2D eigenvalue weighted by atomic mass is 10.1. The predicted octanol–water partition coefficient (Wildman–Crippen LogP) is 3.01. The molecular weight excluding hydrogens is 232 g/mol. The van der Waals surface area contributed by atoms with Gasteiger partial charge < -0.3 is 0 Å². The summed E-state index contributed by atoms with van der Waals surface area (Å²) in [4.78, 5) is 0.590. The molecule has 0 nitrogen and oxygen atoms in total. The van der Waals surface area contributed by atoms with E-state index in [1.807, 2.05) is 0 Å². The molecule has 2 heteroatoms. The Balaban J connectivity index is 3.29. The maximum atomic E-state index is 3.52. The summed E-state index contributed by atoms with van der Waals surface area (Å²) in [6.45, 7) is 4.28. The molecule has 2 unspecified atom stereocenters. The minimum atomic E-state index is 0.590. The topological polar surface area (TPSA) is 0 Å². The average Bonchev–Trinajstić information content (AvgIpc) is 1.84. The Kier molecular flexibility index (Phi) is 5.38. The maximum Gasteiger partial charge on any atom is 0.0271 e. The Morgan fingerprint density at radius 3 is 2.25 bits per heavy atom. The first-order valence-corrected chi connectivity index (χ1v) is 4.75. The summed E-state index contributed by atoms with van der Waals surface area (Å²) in [5.41, 5.74) is 0. The first kappa shape index (κ1) is 8.96. The van der Waals surface area contributed by atoms with Gasteiger partial charge >= 0.3 is 0 Å². The molecule has 0 aromatic heterocycles. The van der Waals surface area contributed by atoms with Gasteiger partial charge in [-0.2, -0.15) is 0 Å². The molecule has 0 saturated carbocycles. The highest BCUT2D eigenvalue weighted by molar-refractivity contribution is 9.12. The van der Waals surface area contributed by atoms with Gasteiger partial charge in [-0.1, -0.05) is 45.7 Å². The van der Waals surface area contributed by atoms with E-state index in [0.29, 0.717) is 10.7 Å². The molecule has 1 radical (unpaired) electrons. The van der Waals surface area contributed by atoms with Crippen LogP contribution in [-0.2, 0) is 0 Å². The molecule has 0 N–H and O–H groups in total. The molecule has 0 spiro atoms. The largest absolute Gasteiger partial charge is 0.0916 e. The van der Waals surface area contributed by atoms with E-state index in [2.05, 4.69) is 52.1 Å². The normalized spacial score (nSPS) is 18.0. The van der Waals surface area contributed by atoms with Crippen LogP contribution in [0.1, 0.15) is 13.8 Å². The van der Waals surface area contributed by atoms with Crippen LogP contribution in [0.25, 0.3) is 0 Å². The van der Waals surface area contributed by atoms with Gasteiger partial charge in [-0.25, -0.2) is 0 Å². The molecule has 0 aromatic carbocycles. The zero-order chi connectivity index (χ0) is 6.57. The van der Waals surface area contributed by atoms with Crippen LogP contribution in [0.5, 0.6) is 0 Å². The lowest BCUT2D eigenvalue weighted by Crippen LogP contribution is -2.10. The number of halogens is 2. The first-order valence-electron chi connectivity index (χ1n) is 2.72. The second-order valence-electron chi connectivity index (χ2n) is 1.86. The third-order valence-corrected chi connectivity index (χ3v) is 3.97. The van der Waals surface area contributed by atoms with Crippen molar-refractivity contribution < 1.29 is 0 Å². The zero-order valence-corrected chi connectivity index (χ0v) is 8.37. The number of hydrogen-bond donors (Lipinski definition) is 0. The summed E-state index contributed by atoms with van der Waals surface area (Å²) < 4.78 is 0. The van der Waals surface area contributed by atoms with Crippen molar-refractivity contribution >= 4 is 31.9 Å². The second-order valence-corrected chi connectivity index (χ2v) is 3.69. The summed E-state index contributed by atoms with van der Waals surface area (Å²) in [5.74, 6) is 0.661. The highest BCUT2D eigenvalue weighted by Crippen LogP contribution is 2.16. The van der Waals surface area contributed by atoms with Gasteiger partial charge in [-0.15, -0.1) is 0 Å². The Morgan fingerprint density at radius 2 is 2.12 bits per heavy atom. The van der Waals surface area contributed by atoms with Gasteiger partial charge in [-0.3, -0.25) is 0 Å². The standard InChI is InChI=1S/C6H11Br2/c1-3-5(2)6(8)4-7/h3,5-6H,4H2,1-2H3. The van der Waals surface area contributed by atoms with E-state index in [4.69, 9.17) is 0 Å². The van der Waals surface area contributed by atoms with Gasteiger partial charge in [0.15, 0.2) is 0 Å². The van der Waals surface area contributed by atoms with Crippen molar-refractivity contribution in [1.29, 1.82) is 0 Å². The van der Waals surface area contributed by atoms with Crippen molar-refractivity contribution in [3.8, 4) is 0 Å². The van der Waals surface area contributed by atoms with Crippen LogP contribution in [-0.4, -0.2) is 10.2 Å². The highest BCUT2D eigenvalue weighted by atomic mass is 79.9. The van der Waals surface area contributed by atoms with Gasteiger partial charge in [0.2, 0.25) is 0 Å². The van der Waals surface area contributed by atoms with Crippen LogP contribution in [0.2, 0.25) is 0 Å². The summed E-state index contributed by atoms with van der Waals surface area (Å²) in [7, 11) is 0. The van der Waals surface area contributed by atoms with Crippen LogP contribution in [0, 0.1) is 12.3 Å². The van der Waals surface area contributed by atoms with Crippen molar-refractivity contribution in [3.63, 3.8) is 0 Å². The fourth-order valence-electron chi connectivity index (χ4n) is 0.349. The van der Waals surface area contributed by atoms with E-state index >= 15 is 0 Å². The smallest absolute Gasteiger partial charge is 0.0271 e. The zero-order valence-electron chi connectivity index (χ0n) is 5.20. The van der Waals surface area contributed by atoms with E-state index in [9.17, 15) is 0 Å². The van der Waals surface area contributed by atoms with Crippen molar-refractivity contribution in [2.24, 2.45) is 5.92 Å². The molecule has 0 heterocycles. The van der Waals surface area contributed by atoms with Crippen LogP contribution < -0.4 is 0 Å². The maximum absolute atomic E-state index is 3.52. The summed E-state index contributed by atoms with van der Waals surface area (Å²) in [6.07, 6.45) is 2.20. The molecule has 0 aliphatic heterocycles. The van der Waals surface area contributed by atoms with Crippen LogP contribution in [0.4, 0.5) is 0 Å². The van der Waals surface area contributed by atoms with E-state index in [-0.39, 0.29) is 0 Å². The van der Waals surface area contributed by atoms with E-state index < -0.39 is 0 Å². The van der Waals surface area contributed by atoms with Gasteiger partial charge in [0.1, 0.15) is 0 Å². The van der Waals surface area contributed by atoms with Gasteiger partial charge in [-0.05, 0) is 12.3 Å². The summed E-state index contributed by atoms with van der Waals surface area (Å²) in [6, 6.07) is 0. The molecule has 0 saturated heterocycles. The third kappa shape index (κ3) is 3.08. The molecule has 0 rings (SSSR count). The molecule has 49 valence electrons.